The number of amides is 1. The number of hydrogen-bond acceptors (Lipinski definition) is 3. The van der Waals surface area contributed by atoms with Crippen molar-refractivity contribution in [2.75, 3.05) is 0 Å². The van der Waals surface area contributed by atoms with Crippen molar-refractivity contribution in [3.63, 3.8) is 0 Å². The number of alkyl carbamates (subject to hydrolysis) is 1. The molecule has 0 bridgehead atoms. The summed E-state index contributed by atoms with van der Waals surface area (Å²) in [7, 11) is 0. The molecule has 1 amide bonds. The molecule has 1 aliphatic carbocycles. The number of aryl methyl sites for hydroxylation is 1. The van der Waals surface area contributed by atoms with Crippen molar-refractivity contribution in [2.24, 2.45) is 5.92 Å². The van der Waals surface area contributed by atoms with Gasteiger partial charge in [0.15, 0.2) is 0 Å². The maximum absolute atomic E-state index is 12.9. The van der Waals surface area contributed by atoms with Gasteiger partial charge < -0.3 is 10.1 Å². The summed E-state index contributed by atoms with van der Waals surface area (Å²) in [6.45, 7) is 5.75. The summed E-state index contributed by atoms with van der Waals surface area (Å²) in [5.41, 5.74) is 3.60. The van der Waals surface area contributed by atoms with E-state index in [1.165, 1.54) is 0 Å². The van der Waals surface area contributed by atoms with Crippen molar-refractivity contribution in [1.82, 2.24) is 10.3 Å². The molecule has 1 heterocycles. The molecule has 1 unspecified atom stereocenters. The summed E-state index contributed by atoms with van der Waals surface area (Å²) in [4.78, 5) is 16.0. The van der Waals surface area contributed by atoms with E-state index in [9.17, 15) is 18.0 Å². The molecule has 156 valence electrons. The van der Waals surface area contributed by atoms with Crippen molar-refractivity contribution in [2.45, 2.75) is 58.4 Å². The highest BCUT2D eigenvalue weighted by Crippen LogP contribution is 2.37. The van der Waals surface area contributed by atoms with Gasteiger partial charge in [0.1, 0.15) is 5.60 Å². The number of alkyl halides is 3. The summed E-state index contributed by atoms with van der Waals surface area (Å²) in [6.07, 6.45) is -2.56. The topological polar surface area (TPSA) is 51.2 Å². The zero-order valence-corrected chi connectivity index (χ0v) is 16.8. The van der Waals surface area contributed by atoms with Crippen LogP contribution in [-0.2, 0) is 24.1 Å². The predicted molar refractivity (Wildman–Crippen MR) is 104 cm³/mol. The quantitative estimate of drug-likeness (QED) is 0.738. The van der Waals surface area contributed by atoms with Crippen LogP contribution in [0.1, 0.15) is 44.0 Å². The van der Waals surface area contributed by atoms with Crippen LogP contribution < -0.4 is 5.32 Å². The Balaban J connectivity index is 1.64. The molecule has 7 heteroatoms. The molecule has 0 spiro atoms. The van der Waals surface area contributed by atoms with E-state index in [0.717, 1.165) is 22.3 Å². The first-order valence-corrected chi connectivity index (χ1v) is 9.62. The number of halogens is 3. The van der Waals surface area contributed by atoms with Crippen LogP contribution in [0.3, 0.4) is 0 Å². The molecule has 3 rings (SSSR count). The van der Waals surface area contributed by atoms with E-state index < -0.39 is 23.8 Å². The van der Waals surface area contributed by atoms with Crippen molar-refractivity contribution in [1.29, 1.82) is 0 Å². The fourth-order valence-corrected chi connectivity index (χ4v) is 3.34. The molecular formula is C22H25F3N2O2. The average molecular weight is 406 g/mol. The van der Waals surface area contributed by atoms with Gasteiger partial charge in [-0.1, -0.05) is 24.3 Å². The van der Waals surface area contributed by atoms with Crippen LogP contribution in [0.4, 0.5) is 18.0 Å². The van der Waals surface area contributed by atoms with Crippen molar-refractivity contribution < 1.29 is 22.7 Å². The van der Waals surface area contributed by atoms with Gasteiger partial charge >= 0.3 is 12.3 Å². The number of carbonyl (C=O) groups is 1. The molecule has 1 atom stereocenters. The number of fused-ring (bicyclic) bond motifs is 1. The summed E-state index contributed by atoms with van der Waals surface area (Å²) in [5.74, 6) is -1.30. The summed E-state index contributed by atoms with van der Waals surface area (Å²) < 4.78 is 44.1. The number of nitrogens with zero attached hydrogens (tertiary/aromatic N) is 1. The maximum atomic E-state index is 12.9. The van der Waals surface area contributed by atoms with Crippen LogP contribution in [0, 0.1) is 5.92 Å². The fraction of sp³-hybridized carbons (Fsp3) is 0.455. The molecule has 2 aromatic rings. The molecule has 1 aliphatic rings. The lowest BCUT2D eigenvalue weighted by Crippen LogP contribution is -2.32. The largest absolute Gasteiger partial charge is 0.444 e. The third kappa shape index (κ3) is 5.71. The molecular weight excluding hydrogens is 381 g/mol. The van der Waals surface area contributed by atoms with Gasteiger partial charge in [0, 0.05) is 30.4 Å². The highest BCUT2D eigenvalue weighted by atomic mass is 19.4. The van der Waals surface area contributed by atoms with Gasteiger partial charge in [0.2, 0.25) is 0 Å². The highest BCUT2D eigenvalue weighted by molar-refractivity contribution is 5.68. The van der Waals surface area contributed by atoms with Gasteiger partial charge in [0.05, 0.1) is 5.92 Å². The van der Waals surface area contributed by atoms with Gasteiger partial charge in [-0.25, -0.2) is 4.79 Å². The second-order valence-electron chi connectivity index (χ2n) is 8.36. The fourth-order valence-electron chi connectivity index (χ4n) is 3.34. The zero-order valence-electron chi connectivity index (χ0n) is 16.8. The van der Waals surface area contributed by atoms with E-state index in [2.05, 4.69) is 10.3 Å². The Bertz CT molecular complexity index is 871. The van der Waals surface area contributed by atoms with Crippen LogP contribution in [0.25, 0.3) is 11.1 Å². The molecule has 0 aliphatic heterocycles. The van der Waals surface area contributed by atoms with Gasteiger partial charge in [-0.3, -0.25) is 4.98 Å². The van der Waals surface area contributed by atoms with Gasteiger partial charge in [-0.15, -0.1) is 0 Å². The molecule has 1 N–H and O–H groups in total. The van der Waals surface area contributed by atoms with Crippen LogP contribution in [-0.4, -0.2) is 22.9 Å². The number of rotatable bonds is 3. The van der Waals surface area contributed by atoms with Crippen LogP contribution in [0.2, 0.25) is 0 Å². The van der Waals surface area contributed by atoms with Crippen LogP contribution >= 0.6 is 0 Å². The minimum atomic E-state index is -4.17. The minimum Gasteiger partial charge on any atom is -0.444 e. The molecule has 29 heavy (non-hydrogen) atoms. The first-order chi connectivity index (χ1) is 13.5. The maximum Gasteiger partial charge on any atom is 0.407 e. The Labute approximate surface area is 168 Å². The smallest absolute Gasteiger partial charge is 0.407 e. The standard InChI is InChI=1S/C22H25F3N2O2/c1-21(2,3)29-20(28)27-12-14-4-6-15(7-5-14)17-10-16-8-9-18(22(23,24)25)11-19(16)26-13-17/h4-7,10,13,18H,8-9,11-12H2,1-3H3,(H,27,28). The second-order valence-corrected chi connectivity index (χ2v) is 8.36. The minimum absolute atomic E-state index is 0.0472. The van der Waals surface area contributed by atoms with E-state index in [1.54, 1.807) is 27.0 Å². The number of pyridine rings is 1. The van der Waals surface area contributed by atoms with Gasteiger partial charge in [0.25, 0.3) is 0 Å². The first kappa shape index (κ1) is 21.1. The average Bonchev–Trinajstić information content (AvgIpc) is 2.64. The number of carbonyl (C=O) groups excluding carboxylic acids is 1. The van der Waals surface area contributed by atoms with E-state index in [1.807, 2.05) is 30.3 Å². The van der Waals surface area contributed by atoms with E-state index in [4.69, 9.17) is 4.74 Å². The molecule has 0 saturated carbocycles. The Morgan fingerprint density at radius 3 is 2.48 bits per heavy atom. The molecule has 0 radical (unpaired) electrons. The lowest BCUT2D eigenvalue weighted by atomic mass is 9.85. The summed E-state index contributed by atoms with van der Waals surface area (Å²) in [5, 5.41) is 2.71. The predicted octanol–water partition coefficient (Wildman–Crippen LogP) is 5.44. The zero-order chi connectivity index (χ0) is 21.2. The number of nitrogens with one attached hydrogen (secondary N) is 1. The van der Waals surface area contributed by atoms with Crippen molar-refractivity contribution in [3.8, 4) is 11.1 Å². The number of ether oxygens (including phenoxy) is 1. The van der Waals surface area contributed by atoms with Crippen LogP contribution in [0.15, 0.2) is 36.5 Å². The highest BCUT2D eigenvalue weighted by Gasteiger charge is 2.41. The Hall–Kier alpha value is -2.57. The van der Waals surface area contributed by atoms with Gasteiger partial charge in [-0.05, 0) is 56.4 Å². The van der Waals surface area contributed by atoms with Crippen LogP contribution in [0.5, 0.6) is 0 Å². The number of hydrogen-bond donors (Lipinski definition) is 1. The van der Waals surface area contributed by atoms with E-state index in [-0.39, 0.29) is 12.8 Å². The third-order valence-electron chi connectivity index (χ3n) is 4.85. The summed E-state index contributed by atoms with van der Waals surface area (Å²) >= 11 is 0. The second kappa shape index (κ2) is 8.05. The normalized spacial score (nSPS) is 16.8. The lowest BCUT2D eigenvalue weighted by molar-refractivity contribution is -0.177. The Morgan fingerprint density at radius 2 is 1.86 bits per heavy atom. The monoisotopic (exact) mass is 406 g/mol. The third-order valence-corrected chi connectivity index (χ3v) is 4.85. The first-order valence-electron chi connectivity index (χ1n) is 9.62. The Kier molecular flexibility index (Phi) is 5.87. The molecule has 0 fully saturated rings. The van der Waals surface area contributed by atoms with E-state index >= 15 is 0 Å². The molecule has 0 saturated heterocycles. The number of benzene rings is 1. The Morgan fingerprint density at radius 1 is 1.17 bits per heavy atom. The number of aromatic nitrogens is 1. The molecule has 1 aromatic heterocycles. The van der Waals surface area contributed by atoms with Crippen molar-refractivity contribution >= 4 is 6.09 Å². The molecule has 1 aromatic carbocycles. The van der Waals surface area contributed by atoms with Gasteiger partial charge in [-0.2, -0.15) is 13.2 Å². The lowest BCUT2D eigenvalue weighted by Gasteiger charge is -2.26. The van der Waals surface area contributed by atoms with E-state index in [0.29, 0.717) is 18.7 Å². The molecule has 4 nitrogen and oxygen atoms in total. The van der Waals surface area contributed by atoms with Crippen molar-refractivity contribution in [3.05, 3.63) is 53.3 Å². The summed E-state index contributed by atoms with van der Waals surface area (Å²) in [6, 6.07) is 9.55. The SMILES string of the molecule is CC(C)(C)OC(=O)NCc1ccc(-c2cnc3c(c2)CCC(C(F)(F)F)C3)cc1.